The minimum Gasteiger partial charge on any atom is -0.394 e. The third-order valence-corrected chi connectivity index (χ3v) is 5.83. The van der Waals surface area contributed by atoms with E-state index in [0.717, 1.165) is 4.88 Å². The normalized spacial score (nSPS) is 28.5. The number of benzene rings is 1. The van der Waals surface area contributed by atoms with Crippen LogP contribution in [0.1, 0.15) is 22.4 Å². The van der Waals surface area contributed by atoms with Crippen LogP contribution in [-0.2, 0) is 11.2 Å². The zero-order valence-corrected chi connectivity index (χ0v) is 15.2. The number of aliphatic hydroxyl groups excluding tert-OH is 4. The van der Waals surface area contributed by atoms with Gasteiger partial charge in [-0.05, 0) is 17.5 Å². The summed E-state index contributed by atoms with van der Waals surface area (Å²) in [5, 5.41) is 40.7. The molecule has 1 saturated heterocycles. The molecule has 3 heterocycles. The van der Waals surface area contributed by atoms with Crippen molar-refractivity contribution >= 4 is 21.4 Å². The van der Waals surface area contributed by atoms with Crippen LogP contribution >= 0.6 is 11.3 Å². The molecule has 142 valence electrons. The Morgan fingerprint density at radius 1 is 1.04 bits per heavy atom. The number of hydrogen-bond acceptors (Lipinski definition) is 8. The van der Waals surface area contributed by atoms with E-state index in [0.29, 0.717) is 17.8 Å². The fourth-order valence-corrected chi connectivity index (χ4v) is 4.37. The molecule has 1 aromatic carbocycles. The molecule has 0 radical (unpaired) electrons. The van der Waals surface area contributed by atoms with Crippen molar-refractivity contribution in [3.63, 3.8) is 0 Å². The Kier molecular flexibility index (Phi) is 5.18. The third kappa shape index (κ3) is 3.60. The van der Waals surface area contributed by atoms with E-state index in [1.165, 1.54) is 16.3 Å². The number of aromatic nitrogens is 2. The summed E-state index contributed by atoms with van der Waals surface area (Å²) in [4.78, 5) is 9.84. The van der Waals surface area contributed by atoms with Crippen LogP contribution in [0.4, 0.5) is 0 Å². The minimum atomic E-state index is -1.44. The van der Waals surface area contributed by atoms with E-state index >= 15 is 0 Å². The highest BCUT2D eigenvalue weighted by atomic mass is 32.1. The van der Waals surface area contributed by atoms with Gasteiger partial charge in [-0.1, -0.05) is 18.2 Å². The lowest BCUT2D eigenvalue weighted by atomic mass is 9.93. The van der Waals surface area contributed by atoms with Crippen molar-refractivity contribution in [3.05, 3.63) is 59.0 Å². The van der Waals surface area contributed by atoms with Crippen LogP contribution in [0.15, 0.2) is 42.7 Å². The van der Waals surface area contributed by atoms with E-state index < -0.39 is 37.1 Å². The topological polar surface area (TPSA) is 116 Å². The summed E-state index contributed by atoms with van der Waals surface area (Å²) in [6.45, 7) is -0.476. The summed E-state index contributed by atoms with van der Waals surface area (Å²) in [5.74, 6) is 0. The van der Waals surface area contributed by atoms with Gasteiger partial charge in [0.15, 0.2) is 0 Å². The van der Waals surface area contributed by atoms with Crippen molar-refractivity contribution < 1.29 is 25.2 Å². The highest BCUT2D eigenvalue weighted by molar-refractivity contribution is 7.19. The Hall–Kier alpha value is -1.94. The smallest absolute Gasteiger partial charge is 0.130 e. The Bertz CT molecular complexity index is 898. The molecule has 0 bridgehead atoms. The van der Waals surface area contributed by atoms with E-state index in [1.807, 2.05) is 12.1 Å². The van der Waals surface area contributed by atoms with Crippen LogP contribution in [0.2, 0.25) is 0 Å². The molecule has 3 aromatic rings. The van der Waals surface area contributed by atoms with Crippen molar-refractivity contribution in [3.8, 4) is 0 Å². The monoisotopic (exact) mass is 388 g/mol. The average molecular weight is 388 g/mol. The van der Waals surface area contributed by atoms with Crippen molar-refractivity contribution in [1.29, 1.82) is 0 Å². The van der Waals surface area contributed by atoms with Gasteiger partial charge in [0.05, 0.1) is 24.2 Å². The second-order valence-corrected chi connectivity index (χ2v) is 7.78. The Balaban J connectivity index is 1.58. The van der Waals surface area contributed by atoms with Crippen LogP contribution in [0.3, 0.4) is 0 Å². The number of rotatable bonds is 4. The lowest BCUT2D eigenvalue weighted by molar-refractivity contribution is -0.232. The molecule has 8 heteroatoms. The second-order valence-electron chi connectivity index (χ2n) is 6.61. The summed E-state index contributed by atoms with van der Waals surface area (Å²) in [7, 11) is 0. The number of nitrogens with zero attached hydrogens (tertiary/aromatic N) is 2. The van der Waals surface area contributed by atoms with E-state index in [-0.39, 0.29) is 0 Å². The van der Waals surface area contributed by atoms with Gasteiger partial charge in [-0.3, -0.25) is 9.97 Å². The molecule has 0 spiro atoms. The molecule has 2 aromatic heterocycles. The molecule has 1 fully saturated rings. The molecule has 0 amide bonds. The van der Waals surface area contributed by atoms with Crippen molar-refractivity contribution in [2.75, 3.05) is 6.61 Å². The lowest BCUT2D eigenvalue weighted by Gasteiger charge is -2.39. The van der Waals surface area contributed by atoms with Crippen LogP contribution in [0.5, 0.6) is 0 Å². The van der Waals surface area contributed by atoms with E-state index in [9.17, 15) is 20.4 Å². The standard InChI is InChI=1S/C19H20N2O5S/c22-9-14-16(23)17(24)18(25)19(26-14)13-8-20-7-11(21-13)6-12-5-10-3-1-2-4-15(10)27-12/h1-5,7-8,14,16-19,22-25H,6,9H2/t14?,16-,17?,18-,19?/m1/s1. The van der Waals surface area contributed by atoms with Crippen molar-refractivity contribution in [2.45, 2.75) is 36.9 Å². The molecule has 5 atom stereocenters. The maximum atomic E-state index is 10.3. The summed E-state index contributed by atoms with van der Waals surface area (Å²) in [5.41, 5.74) is 1.06. The Morgan fingerprint density at radius 2 is 1.85 bits per heavy atom. The molecule has 27 heavy (non-hydrogen) atoms. The quantitative estimate of drug-likeness (QED) is 0.522. The van der Waals surface area contributed by atoms with Gasteiger partial charge < -0.3 is 25.2 Å². The molecule has 1 aliphatic rings. The second kappa shape index (κ2) is 7.59. The summed E-state index contributed by atoms with van der Waals surface area (Å²) >= 11 is 1.68. The molecule has 3 unspecified atom stereocenters. The molecule has 4 N–H and O–H groups in total. The minimum absolute atomic E-state index is 0.352. The molecular weight excluding hydrogens is 368 g/mol. The van der Waals surface area contributed by atoms with E-state index in [1.54, 1.807) is 17.5 Å². The number of thiophene rings is 1. The third-order valence-electron chi connectivity index (χ3n) is 4.72. The molecule has 4 rings (SSSR count). The highest BCUT2D eigenvalue weighted by Gasteiger charge is 2.44. The summed E-state index contributed by atoms with van der Waals surface area (Å²) in [6, 6.07) is 10.2. The van der Waals surface area contributed by atoms with Gasteiger partial charge in [0.25, 0.3) is 0 Å². The van der Waals surface area contributed by atoms with Crippen LogP contribution in [0.25, 0.3) is 10.1 Å². The van der Waals surface area contributed by atoms with Crippen LogP contribution < -0.4 is 0 Å². The Labute approximate surface area is 159 Å². The first-order valence-electron chi connectivity index (χ1n) is 8.65. The van der Waals surface area contributed by atoms with Gasteiger partial charge >= 0.3 is 0 Å². The number of aliphatic hydroxyl groups is 4. The van der Waals surface area contributed by atoms with Gasteiger partial charge in [-0.2, -0.15) is 0 Å². The van der Waals surface area contributed by atoms with Crippen LogP contribution in [-0.4, -0.2) is 61.4 Å². The van der Waals surface area contributed by atoms with Gasteiger partial charge in [-0.15, -0.1) is 11.3 Å². The van der Waals surface area contributed by atoms with E-state index in [4.69, 9.17) is 4.74 Å². The summed E-state index contributed by atoms with van der Waals surface area (Å²) < 4.78 is 6.76. The van der Waals surface area contributed by atoms with Crippen molar-refractivity contribution in [2.24, 2.45) is 0 Å². The maximum absolute atomic E-state index is 10.3. The highest BCUT2D eigenvalue weighted by Crippen LogP contribution is 2.32. The summed E-state index contributed by atoms with van der Waals surface area (Å²) in [6.07, 6.45) is -2.45. The van der Waals surface area contributed by atoms with Crippen LogP contribution in [0, 0.1) is 0 Å². The van der Waals surface area contributed by atoms with Gasteiger partial charge in [0.2, 0.25) is 0 Å². The lowest BCUT2D eigenvalue weighted by Crippen LogP contribution is -2.55. The first-order chi connectivity index (χ1) is 13.1. The fourth-order valence-electron chi connectivity index (χ4n) is 3.29. The zero-order chi connectivity index (χ0) is 19.0. The molecule has 0 saturated carbocycles. The number of ether oxygens (including phenoxy) is 1. The largest absolute Gasteiger partial charge is 0.394 e. The molecule has 0 aliphatic carbocycles. The zero-order valence-electron chi connectivity index (χ0n) is 14.3. The van der Waals surface area contributed by atoms with Gasteiger partial charge in [-0.25, -0.2) is 0 Å². The average Bonchev–Trinajstić information content (AvgIpc) is 3.09. The van der Waals surface area contributed by atoms with Gasteiger partial charge in [0.1, 0.15) is 30.5 Å². The molecular formula is C19H20N2O5S. The first-order valence-corrected chi connectivity index (χ1v) is 9.47. The fraction of sp³-hybridized carbons (Fsp3) is 0.368. The Morgan fingerprint density at radius 3 is 2.63 bits per heavy atom. The SMILES string of the molecule is OCC1OC(c2cncc(Cc3cc4ccccc4s3)n2)[C@H](O)C(O)[C@@H]1O. The van der Waals surface area contributed by atoms with Gasteiger partial charge in [0, 0.05) is 22.2 Å². The number of hydrogen-bond donors (Lipinski definition) is 4. The molecule has 1 aliphatic heterocycles. The maximum Gasteiger partial charge on any atom is 0.130 e. The predicted molar refractivity (Wildman–Crippen MR) is 99.4 cm³/mol. The number of fused-ring (bicyclic) bond motifs is 1. The van der Waals surface area contributed by atoms with E-state index in [2.05, 4.69) is 28.2 Å². The predicted octanol–water partition coefficient (Wildman–Crippen LogP) is 0.797. The molecule has 7 nitrogen and oxygen atoms in total. The van der Waals surface area contributed by atoms with Crippen molar-refractivity contribution in [1.82, 2.24) is 9.97 Å². The first kappa shape index (κ1) is 18.4.